The Balaban J connectivity index is 0.881. The van der Waals surface area contributed by atoms with Crippen molar-refractivity contribution in [3.05, 3.63) is 82.5 Å². The number of rotatable bonds is 40. The predicted molar refractivity (Wildman–Crippen MR) is 269 cm³/mol. The van der Waals surface area contributed by atoms with Gasteiger partial charge in [-0.2, -0.15) is 15.1 Å². The van der Waals surface area contributed by atoms with E-state index in [1.807, 2.05) is 23.1 Å². The molecule has 2 aromatic heterocycles. The molecule has 0 unspecified atom stereocenters. The van der Waals surface area contributed by atoms with Crippen LogP contribution in [-0.4, -0.2) is 208 Å². The van der Waals surface area contributed by atoms with E-state index in [2.05, 4.69) is 19.8 Å². The van der Waals surface area contributed by atoms with Crippen LogP contribution < -0.4 is 25.9 Å². The summed E-state index contributed by atoms with van der Waals surface area (Å²) in [5.74, 6) is 0.705. The Kier molecular flexibility index (Phi) is 28.1. The highest BCUT2D eigenvalue weighted by atomic mass is 35.5. The summed E-state index contributed by atoms with van der Waals surface area (Å²) in [6.07, 6.45) is -3.49. The van der Waals surface area contributed by atoms with Crippen molar-refractivity contribution in [1.29, 1.82) is 0 Å². The number of aliphatic hydroxyl groups excluding tert-OH is 2. The highest BCUT2D eigenvalue weighted by Crippen LogP contribution is 2.37. The Morgan fingerprint density at radius 3 is 1.96 bits per heavy atom. The number of carbonyl (C=O) groups excluding carboxylic acids is 1. The first kappa shape index (κ1) is 63.9. The third-order valence-corrected chi connectivity index (χ3v) is 11.7. The van der Waals surface area contributed by atoms with Crippen molar-refractivity contribution in [2.24, 2.45) is 11.6 Å². The van der Waals surface area contributed by atoms with Crippen LogP contribution in [-0.2, 0) is 63.3 Å². The second kappa shape index (κ2) is 34.3. The Morgan fingerprint density at radius 1 is 0.808 bits per heavy atom. The second-order valence-corrected chi connectivity index (χ2v) is 18.8. The van der Waals surface area contributed by atoms with Crippen molar-refractivity contribution in [2.45, 2.75) is 37.5 Å². The van der Waals surface area contributed by atoms with Crippen molar-refractivity contribution >= 4 is 42.0 Å². The van der Waals surface area contributed by atoms with Crippen LogP contribution in [0.4, 0.5) is 19.0 Å². The SMILES string of the molecule is COc1nc(N(CCOCCOCCOCCOC/C(N)=C/N(N)CCOCCOCCOCCOCCC(=O)Oc2c(F)cc(F)cc2F)Cc2ccccc2Cl)c2cnn([C@@H]3O[C@H](COCP(=O)(O)O)[C@@H](O)[C@H]3O)c2n1. The molecule has 0 spiro atoms. The molecule has 8 N–H and O–H groups in total. The van der Waals surface area contributed by atoms with Crippen LogP contribution in [0.3, 0.4) is 0 Å². The number of halogens is 4. The Hall–Kier alpha value is -4.89. The van der Waals surface area contributed by atoms with Gasteiger partial charge in [0.25, 0.3) is 0 Å². The molecule has 0 bridgehead atoms. The topological polar surface area (TPSA) is 328 Å². The van der Waals surface area contributed by atoms with Gasteiger partial charge in [0.15, 0.2) is 23.5 Å². The van der Waals surface area contributed by atoms with Crippen LogP contribution in [0.5, 0.6) is 11.8 Å². The van der Waals surface area contributed by atoms with Gasteiger partial charge in [0.05, 0.1) is 150 Å². The molecule has 1 aliphatic rings. The number of hydrogen-bond donors (Lipinski definition) is 6. The molecule has 0 aliphatic carbocycles. The number of aliphatic hydroxyl groups is 2. The maximum absolute atomic E-state index is 13.6. The predicted octanol–water partition coefficient (Wildman–Crippen LogP) is 1.79. The summed E-state index contributed by atoms with van der Waals surface area (Å²) >= 11 is 6.57. The number of methoxy groups -OCH3 is 1. The van der Waals surface area contributed by atoms with Crippen molar-refractivity contribution in [2.75, 3.05) is 144 Å². The standard InChI is InChI=1S/C47H67ClF3N8O18P/c1-66-47-55-44(35-26-54-59(45(35)56-47)46-42(62)41(61)39(76-46)30-75-31-78(63,64)65)57(27-32-4-2-3-5-36(32)48)7-10-68-13-16-71-20-21-73-22-23-74-29-34(52)28-58(53)8-11-69-14-17-72-19-18-70-15-12-67-9-6-40(60)77-43-37(50)24-33(49)25-38(43)51/h2-5,24-26,28,39,41-42,46,61-62H,6-23,27,29-31,52-53H2,1H3,(H2,63,64,65)/b34-28-/t39-,41-,42-,46-/m1/s1. The largest absolute Gasteiger partial charge is 0.467 e. The zero-order valence-electron chi connectivity index (χ0n) is 42.8. The molecule has 0 amide bonds. The van der Waals surface area contributed by atoms with E-state index in [9.17, 15) is 32.7 Å². The summed E-state index contributed by atoms with van der Waals surface area (Å²) in [4.78, 5) is 41.0. The molecule has 2 aromatic carbocycles. The molecule has 436 valence electrons. The van der Waals surface area contributed by atoms with E-state index in [0.29, 0.717) is 107 Å². The van der Waals surface area contributed by atoms with Crippen molar-refractivity contribution < 1.29 is 99.4 Å². The molecule has 1 aliphatic heterocycles. The molecule has 5 rings (SSSR count). The number of anilines is 1. The number of fused-ring (bicyclic) bond motifs is 1. The van der Waals surface area contributed by atoms with E-state index in [4.69, 9.17) is 85.1 Å². The van der Waals surface area contributed by atoms with Crippen LogP contribution in [0.1, 0.15) is 18.2 Å². The van der Waals surface area contributed by atoms with Crippen molar-refractivity contribution in [3.63, 3.8) is 0 Å². The third-order valence-electron chi connectivity index (χ3n) is 10.8. The first-order chi connectivity index (χ1) is 37.5. The van der Waals surface area contributed by atoms with Crippen LogP contribution in [0.25, 0.3) is 11.0 Å². The number of hydrazine groups is 1. The molecule has 1 saturated heterocycles. The number of nitrogens with zero attached hydrogens (tertiary/aromatic N) is 6. The van der Waals surface area contributed by atoms with E-state index < -0.39 is 74.3 Å². The number of esters is 1. The molecule has 0 radical (unpaired) electrons. The van der Waals surface area contributed by atoms with Gasteiger partial charge in [-0.3, -0.25) is 9.36 Å². The lowest BCUT2D eigenvalue weighted by Gasteiger charge is -2.25. The third kappa shape index (κ3) is 22.3. The van der Waals surface area contributed by atoms with Gasteiger partial charge in [-0.15, -0.1) is 0 Å². The van der Waals surface area contributed by atoms with E-state index in [-0.39, 0.29) is 70.9 Å². The zero-order valence-corrected chi connectivity index (χ0v) is 44.4. The van der Waals surface area contributed by atoms with Crippen LogP contribution in [0.2, 0.25) is 5.02 Å². The molecule has 26 nitrogen and oxygen atoms in total. The van der Waals surface area contributed by atoms with Gasteiger partial charge in [-0.25, -0.2) is 23.7 Å². The van der Waals surface area contributed by atoms with E-state index in [1.165, 1.54) is 23.0 Å². The average molecular weight is 1160 g/mol. The minimum Gasteiger partial charge on any atom is -0.467 e. The van der Waals surface area contributed by atoms with Crippen LogP contribution in [0.15, 0.2) is 54.5 Å². The molecular weight excluding hydrogens is 1090 g/mol. The summed E-state index contributed by atoms with van der Waals surface area (Å²) in [7, 11) is -3.09. The molecule has 4 aromatic rings. The molecule has 31 heteroatoms. The minimum atomic E-state index is -4.48. The van der Waals surface area contributed by atoms with Crippen LogP contribution in [0, 0.1) is 17.5 Å². The average Bonchev–Trinajstić information content (AvgIpc) is 4.02. The zero-order chi connectivity index (χ0) is 56.3. The number of ether oxygens (including phenoxy) is 12. The summed E-state index contributed by atoms with van der Waals surface area (Å²) in [6, 6.07) is 8.11. The number of hydrogen-bond acceptors (Lipinski definition) is 23. The van der Waals surface area contributed by atoms with Crippen molar-refractivity contribution in [3.8, 4) is 11.8 Å². The van der Waals surface area contributed by atoms with Gasteiger partial charge < -0.3 is 92.5 Å². The lowest BCUT2D eigenvalue weighted by atomic mass is 10.1. The van der Waals surface area contributed by atoms with Crippen molar-refractivity contribution in [1.82, 2.24) is 24.8 Å². The Labute approximate surface area is 452 Å². The number of benzene rings is 2. The highest BCUT2D eigenvalue weighted by Gasteiger charge is 2.45. The van der Waals surface area contributed by atoms with Gasteiger partial charge in [0.2, 0.25) is 5.75 Å². The quantitative estimate of drug-likeness (QED) is 0.00923. The van der Waals surface area contributed by atoms with Gasteiger partial charge >= 0.3 is 19.6 Å². The smallest absolute Gasteiger partial charge is 0.350 e. The highest BCUT2D eigenvalue weighted by molar-refractivity contribution is 7.51. The molecule has 3 heterocycles. The molecule has 78 heavy (non-hydrogen) atoms. The summed E-state index contributed by atoms with van der Waals surface area (Å²) < 4.78 is 118. The molecule has 0 saturated carbocycles. The van der Waals surface area contributed by atoms with Gasteiger partial charge in [-0.05, 0) is 11.6 Å². The van der Waals surface area contributed by atoms with Crippen LogP contribution >= 0.6 is 19.2 Å². The molecule has 4 atom stereocenters. The number of aromatic nitrogens is 4. The van der Waals surface area contributed by atoms with Gasteiger partial charge in [0.1, 0.15) is 36.3 Å². The normalized spacial score (nSPS) is 16.8. The van der Waals surface area contributed by atoms with Gasteiger partial charge in [-0.1, -0.05) is 29.8 Å². The first-order valence-electron chi connectivity index (χ1n) is 24.4. The fourth-order valence-corrected chi connectivity index (χ4v) is 7.62. The summed E-state index contributed by atoms with van der Waals surface area (Å²) in [5.41, 5.74) is 7.42. The van der Waals surface area contributed by atoms with E-state index in [0.717, 1.165) is 5.56 Å². The Morgan fingerprint density at radius 2 is 1.37 bits per heavy atom. The molecular formula is C47H67ClF3N8O18P. The monoisotopic (exact) mass is 1150 g/mol. The molecule has 1 fully saturated rings. The van der Waals surface area contributed by atoms with E-state index in [1.54, 1.807) is 12.3 Å². The fourth-order valence-electron chi connectivity index (χ4n) is 7.08. The second-order valence-electron chi connectivity index (χ2n) is 16.8. The first-order valence-corrected chi connectivity index (χ1v) is 26.6. The maximum atomic E-state index is 13.6. The van der Waals surface area contributed by atoms with Gasteiger partial charge in [0, 0.05) is 36.4 Å². The minimum absolute atomic E-state index is 0.0284. The lowest BCUT2D eigenvalue weighted by Crippen LogP contribution is -2.34. The summed E-state index contributed by atoms with van der Waals surface area (Å²) in [5, 5.41) is 28.4. The number of carbonyl (C=O) groups is 1. The maximum Gasteiger partial charge on any atom is 0.350 e. The summed E-state index contributed by atoms with van der Waals surface area (Å²) in [6.45, 7) is 4.61. The number of nitrogens with two attached hydrogens (primary N) is 2. The Bertz CT molecular complexity index is 2490. The lowest BCUT2D eigenvalue weighted by molar-refractivity contribution is -0.136. The fraction of sp³-hybridized carbons (Fsp3) is 0.574. The van der Waals surface area contributed by atoms with E-state index >= 15 is 0 Å².